The van der Waals surface area contributed by atoms with E-state index in [9.17, 15) is 4.39 Å². The first kappa shape index (κ1) is 32.2. The van der Waals surface area contributed by atoms with Crippen LogP contribution in [-0.4, -0.2) is 33.0 Å². The second-order valence-electron chi connectivity index (χ2n) is 6.21. The van der Waals surface area contributed by atoms with Crippen LogP contribution in [0.15, 0.2) is 36.7 Å². The fraction of sp³-hybridized carbons (Fsp3) is 0.300. The Morgan fingerprint density at radius 3 is 2.03 bits per heavy atom. The zero-order chi connectivity index (χ0) is 24.6. The maximum atomic E-state index is 13.1. The number of benzene rings is 1. The summed E-state index contributed by atoms with van der Waals surface area (Å²) in [7, 11) is 0. The number of aromatic nitrogens is 4. The molecule has 0 radical (unpaired) electrons. The highest BCUT2D eigenvalue weighted by atomic mass is 127. The van der Waals surface area contributed by atoms with Gasteiger partial charge in [0, 0.05) is 40.3 Å². The monoisotopic (exact) mass is 727 g/mol. The SMILES string of the molecule is CCCNc1nc(Cl)ncc1I.CCCNc1nc(Nc2cccc(F)c2)ncc1I.F.FF. The lowest BCUT2D eigenvalue weighted by molar-refractivity contribution is 0.108. The van der Waals surface area contributed by atoms with E-state index in [1.807, 2.05) is 0 Å². The van der Waals surface area contributed by atoms with E-state index in [1.165, 1.54) is 12.1 Å². The van der Waals surface area contributed by atoms with E-state index < -0.39 is 0 Å². The van der Waals surface area contributed by atoms with E-state index in [1.54, 1.807) is 24.5 Å². The van der Waals surface area contributed by atoms with E-state index in [0.29, 0.717) is 11.6 Å². The molecule has 0 aliphatic heterocycles. The summed E-state index contributed by atoms with van der Waals surface area (Å²) in [5.74, 6) is 1.76. The molecular formula is C20H24ClF4I2N7. The zero-order valence-corrected chi connectivity index (χ0v) is 23.3. The summed E-state index contributed by atoms with van der Waals surface area (Å²) in [6.07, 6.45) is 5.52. The number of nitrogens with one attached hydrogen (secondary N) is 3. The van der Waals surface area contributed by atoms with Crippen molar-refractivity contribution in [2.45, 2.75) is 26.7 Å². The van der Waals surface area contributed by atoms with Crippen molar-refractivity contribution < 1.29 is 18.2 Å². The molecule has 14 heteroatoms. The summed E-state index contributed by atoms with van der Waals surface area (Å²) in [4.78, 5) is 16.5. The van der Waals surface area contributed by atoms with Crippen LogP contribution in [0.4, 0.5) is 41.5 Å². The number of rotatable bonds is 8. The molecule has 2 heterocycles. The Morgan fingerprint density at radius 2 is 1.47 bits per heavy atom. The first-order chi connectivity index (χ1) is 15.9. The Morgan fingerprint density at radius 1 is 0.912 bits per heavy atom. The Hall–Kier alpha value is -1.75. The van der Waals surface area contributed by atoms with Crippen LogP contribution in [0, 0.1) is 13.0 Å². The third kappa shape index (κ3) is 12.1. The number of hydrogen-bond donors (Lipinski definition) is 3. The lowest BCUT2D eigenvalue weighted by Gasteiger charge is -2.09. The van der Waals surface area contributed by atoms with Crippen molar-refractivity contribution in [1.82, 2.24) is 19.9 Å². The Balaban J connectivity index is 0.000000630. The molecule has 7 nitrogen and oxygen atoms in total. The van der Waals surface area contributed by atoms with Crippen molar-refractivity contribution in [3.05, 3.63) is 54.9 Å². The number of anilines is 4. The van der Waals surface area contributed by atoms with Gasteiger partial charge in [-0.1, -0.05) is 19.9 Å². The molecule has 0 spiro atoms. The topological polar surface area (TPSA) is 87.7 Å². The molecule has 0 bridgehead atoms. The molecule has 1 aromatic carbocycles. The predicted molar refractivity (Wildman–Crippen MR) is 146 cm³/mol. The van der Waals surface area contributed by atoms with E-state index in [0.717, 1.165) is 44.7 Å². The van der Waals surface area contributed by atoms with Crippen LogP contribution in [0.2, 0.25) is 5.28 Å². The summed E-state index contributed by atoms with van der Waals surface area (Å²) in [6, 6.07) is 6.21. The fourth-order valence-electron chi connectivity index (χ4n) is 2.20. The molecule has 0 aliphatic rings. The van der Waals surface area contributed by atoms with Gasteiger partial charge in [-0.15, -0.1) is 0 Å². The van der Waals surface area contributed by atoms with Gasteiger partial charge in [0.15, 0.2) is 0 Å². The molecular weight excluding hydrogens is 704 g/mol. The molecule has 188 valence electrons. The van der Waals surface area contributed by atoms with E-state index >= 15 is 0 Å². The smallest absolute Gasteiger partial charge is 0.229 e. The summed E-state index contributed by atoms with van der Waals surface area (Å²) in [6.45, 7) is 5.95. The Kier molecular flexibility index (Phi) is 17.6. The highest BCUT2D eigenvalue weighted by Crippen LogP contribution is 2.19. The van der Waals surface area contributed by atoms with Crippen LogP contribution in [-0.2, 0) is 0 Å². The molecule has 3 rings (SSSR count). The second kappa shape index (κ2) is 18.6. The lowest BCUT2D eigenvalue weighted by Crippen LogP contribution is -2.07. The second-order valence-corrected chi connectivity index (χ2v) is 8.88. The molecule has 0 atom stereocenters. The van der Waals surface area contributed by atoms with Crippen molar-refractivity contribution in [2.24, 2.45) is 0 Å². The van der Waals surface area contributed by atoms with E-state index in [4.69, 9.17) is 20.7 Å². The van der Waals surface area contributed by atoms with Gasteiger partial charge in [0.2, 0.25) is 11.2 Å². The minimum absolute atomic E-state index is 0. The molecule has 0 saturated heterocycles. The minimum Gasteiger partial charge on any atom is -0.369 e. The highest BCUT2D eigenvalue weighted by Gasteiger charge is 2.05. The van der Waals surface area contributed by atoms with Crippen LogP contribution >= 0.6 is 56.8 Å². The number of nitrogens with zero attached hydrogens (tertiary/aromatic N) is 4. The number of hydrogen-bond acceptors (Lipinski definition) is 7. The van der Waals surface area contributed by atoms with Gasteiger partial charge in [-0.2, -0.15) is 9.97 Å². The average Bonchev–Trinajstić information content (AvgIpc) is 2.82. The van der Waals surface area contributed by atoms with Crippen molar-refractivity contribution in [2.75, 3.05) is 29.0 Å². The summed E-state index contributed by atoms with van der Waals surface area (Å²) >= 11 is 9.98. The third-order valence-corrected chi connectivity index (χ3v) is 5.39. The standard InChI is InChI=1S/C13H14FIN4.C7H9ClIN3.F2.FH/c1-2-6-16-12-11(15)8-17-13(19-12)18-10-5-3-4-9(14)7-10;1-2-3-10-6-5(9)4-11-7(8)12-6;1-2;/h3-5,7-8H,2,6H2,1H3,(H2,16,17,18,19);4H,2-3H2,1H3,(H,10,11,12);;1H. The molecule has 0 fully saturated rings. The molecule has 3 N–H and O–H groups in total. The van der Waals surface area contributed by atoms with E-state index in [2.05, 4.69) is 94.9 Å². The summed E-state index contributed by atoms with van der Waals surface area (Å²) in [5.41, 5.74) is 0.627. The van der Waals surface area contributed by atoms with Crippen LogP contribution in [0.1, 0.15) is 26.7 Å². The van der Waals surface area contributed by atoms with Gasteiger partial charge < -0.3 is 16.0 Å². The van der Waals surface area contributed by atoms with Gasteiger partial charge in [0.25, 0.3) is 0 Å². The maximum absolute atomic E-state index is 13.1. The largest absolute Gasteiger partial charge is 0.369 e. The average molecular weight is 728 g/mol. The van der Waals surface area contributed by atoms with Crippen molar-refractivity contribution in [1.29, 1.82) is 0 Å². The highest BCUT2D eigenvalue weighted by molar-refractivity contribution is 14.1. The Labute approximate surface area is 227 Å². The van der Waals surface area contributed by atoms with Gasteiger partial charge in [-0.3, -0.25) is 4.70 Å². The van der Waals surface area contributed by atoms with Gasteiger partial charge >= 0.3 is 0 Å². The van der Waals surface area contributed by atoms with Crippen LogP contribution in [0.5, 0.6) is 0 Å². The first-order valence-electron chi connectivity index (χ1n) is 9.78. The normalized spacial score (nSPS) is 9.41. The molecule has 0 saturated carbocycles. The van der Waals surface area contributed by atoms with Crippen molar-refractivity contribution in [3.63, 3.8) is 0 Å². The molecule has 0 aliphatic carbocycles. The predicted octanol–water partition coefficient (Wildman–Crippen LogP) is 7.34. The Bertz CT molecular complexity index is 989. The minimum atomic E-state index is -0.292. The van der Waals surface area contributed by atoms with Crippen molar-refractivity contribution in [3.8, 4) is 0 Å². The van der Waals surface area contributed by atoms with Gasteiger partial charge in [0.05, 0.1) is 7.14 Å². The fourth-order valence-corrected chi connectivity index (χ4v) is 3.24. The number of halogens is 7. The van der Waals surface area contributed by atoms with Gasteiger partial charge in [-0.25, -0.2) is 14.4 Å². The molecule has 0 unspecified atom stereocenters. The zero-order valence-electron chi connectivity index (χ0n) is 18.3. The molecule has 3 aromatic rings. The van der Waals surface area contributed by atoms with Crippen LogP contribution < -0.4 is 16.0 Å². The van der Waals surface area contributed by atoms with Gasteiger partial charge in [0.1, 0.15) is 17.5 Å². The van der Waals surface area contributed by atoms with Crippen LogP contribution in [0.3, 0.4) is 0 Å². The van der Waals surface area contributed by atoms with Crippen LogP contribution in [0.25, 0.3) is 0 Å². The van der Waals surface area contributed by atoms with Gasteiger partial charge in [-0.05, 0) is 87.8 Å². The maximum Gasteiger partial charge on any atom is 0.229 e. The molecule has 2 aromatic heterocycles. The quantitative estimate of drug-likeness (QED) is 0.127. The third-order valence-electron chi connectivity index (χ3n) is 3.62. The summed E-state index contributed by atoms with van der Waals surface area (Å²) < 4.78 is 31.0. The lowest BCUT2D eigenvalue weighted by atomic mass is 10.3. The molecule has 34 heavy (non-hydrogen) atoms. The molecule has 0 amide bonds. The first-order valence-corrected chi connectivity index (χ1v) is 12.3. The van der Waals surface area contributed by atoms with E-state index in [-0.39, 0.29) is 15.8 Å². The summed E-state index contributed by atoms with van der Waals surface area (Å²) in [5, 5.41) is 9.66. The van der Waals surface area contributed by atoms with Crippen molar-refractivity contribution >= 4 is 80.1 Å².